The molecule has 24 heavy (non-hydrogen) atoms. The zero-order valence-corrected chi connectivity index (χ0v) is 12.8. The molecule has 0 heterocycles. The second-order valence-corrected chi connectivity index (χ2v) is 5.31. The molecule has 0 saturated heterocycles. The maximum atomic E-state index is 11.0. The molecule has 4 nitrogen and oxygen atoms in total. The largest absolute Gasteiger partial charge is 0.507 e. The number of phenolic OH excluding ortho intramolecular Hbond substituents is 1. The molecule has 3 aromatic carbocycles. The van der Waals surface area contributed by atoms with Crippen molar-refractivity contribution in [1.82, 2.24) is 0 Å². The topological polar surface area (TPSA) is 66.8 Å². The number of para-hydroxylation sites is 1. The number of carbonyl (C=O) groups is 1. The summed E-state index contributed by atoms with van der Waals surface area (Å²) in [5, 5.41) is 19.2. The summed E-state index contributed by atoms with van der Waals surface area (Å²) in [5.41, 5.74) is 2.32. The lowest BCUT2D eigenvalue weighted by Crippen LogP contribution is -1.98. The molecular formula is C20H16O4. The molecule has 0 aliphatic heterocycles. The zero-order valence-electron chi connectivity index (χ0n) is 12.8. The third-order valence-electron chi connectivity index (χ3n) is 3.66. The van der Waals surface area contributed by atoms with Crippen LogP contribution in [0.3, 0.4) is 0 Å². The molecule has 120 valence electrons. The summed E-state index contributed by atoms with van der Waals surface area (Å²) < 4.78 is 5.88. The summed E-state index contributed by atoms with van der Waals surface area (Å²) in [7, 11) is 0. The summed E-state index contributed by atoms with van der Waals surface area (Å²) in [6.07, 6.45) is 0. The Morgan fingerprint density at radius 2 is 1.58 bits per heavy atom. The lowest BCUT2D eigenvalue weighted by Gasteiger charge is -2.13. The van der Waals surface area contributed by atoms with Gasteiger partial charge in [-0.15, -0.1) is 0 Å². The minimum atomic E-state index is -1.08. The fraction of sp³-hybridized carbons (Fsp3) is 0.0500. The third kappa shape index (κ3) is 3.38. The first-order valence-electron chi connectivity index (χ1n) is 7.47. The predicted octanol–water partition coefficient (Wildman–Crippen LogP) is 4.34. The first kappa shape index (κ1) is 15.6. The Bertz CT molecular complexity index is 857. The molecule has 0 aliphatic rings. The molecular weight excluding hydrogens is 304 g/mol. The molecule has 2 N–H and O–H groups in total. The fourth-order valence-electron chi connectivity index (χ4n) is 2.44. The van der Waals surface area contributed by atoms with Crippen LogP contribution in [-0.4, -0.2) is 16.2 Å². The number of hydrogen-bond donors (Lipinski definition) is 2. The highest BCUT2D eigenvalue weighted by Gasteiger charge is 2.13. The molecule has 0 unspecified atom stereocenters. The van der Waals surface area contributed by atoms with E-state index in [1.807, 2.05) is 54.6 Å². The van der Waals surface area contributed by atoms with Crippen LogP contribution in [0.2, 0.25) is 0 Å². The van der Waals surface area contributed by atoms with Gasteiger partial charge < -0.3 is 14.9 Å². The van der Waals surface area contributed by atoms with E-state index in [2.05, 4.69) is 0 Å². The molecule has 0 radical (unpaired) electrons. The molecule has 0 bridgehead atoms. The number of ether oxygens (including phenoxy) is 1. The number of carboxylic acids is 1. The molecule has 0 amide bonds. The average molecular weight is 320 g/mol. The van der Waals surface area contributed by atoms with Crippen LogP contribution < -0.4 is 4.74 Å². The number of aromatic carboxylic acids is 1. The van der Waals surface area contributed by atoms with Crippen LogP contribution in [0.15, 0.2) is 72.8 Å². The highest BCUT2D eigenvalue weighted by molar-refractivity contribution is 5.90. The maximum Gasteiger partial charge on any atom is 0.335 e. The Morgan fingerprint density at radius 3 is 2.29 bits per heavy atom. The monoisotopic (exact) mass is 320 g/mol. The van der Waals surface area contributed by atoms with Crippen molar-refractivity contribution in [2.24, 2.45) is 0 Å². The van der Waals surface area contributed by atoms with Crippen molar-refractivity contribution in [3.05, 3.63) is 83.9 Å². The summed E-state index contributed by atoms with van der Waals surface area (Å²) >= 11 is 0. The first-order chi connectivity index (χ1) is 11.6. The van der Waals surface area contributed by atoms with Crippen molar-refractivity contribution < 1.29 is 19.7 Å². The summed E-state index contributed by atoms with van der Waals surface area (Å²) in [4.78, 5) is 11.0. The van der Waals surface area contributed by atoms with Crippen molar-refractivity contribution in [3.8, 4) is 22.6 Å². The normalized spacial score (nSPS) is 10.3. The van der Waals surface area contributed by atoms with Crippen LogP contribution in [-0.2, 0) is 6.61 Å². The number of carboxylic acid groups (broad SMARTS) is 1. The van der Waals surface area contributed by atoms with Gasteiger partial charge in [-0.2, -0.15) is 0 Å². The molecule has 4 heteroatoms. The van der Waals surface area contributed by atoms with Crippen LogP contribution in [0.4, 0.5) is 0 Å². The lowest BCUT2D eigenvalue weighted by molar-refractivity contribution is 0.0696. The molecule has 3 rings (SSSR count). The highest BCUT2D eigenvalue weighted by atomic mass is 16.5. The van der Waals surface area contributed by atoms with Crippen molar-refractivity contribution in [2.75, 3.05) is 0 Å². The highest BCUT2D eigenvalue weighted by Crippen LogP contribution is 2.36. The van der Waals surface area contributed by atoms with Crippen molar-refractivity contribution in [2.45, 2.75) is 6.61 Å². The van der Waals surface area contributed by atoms with Gasteiger partial charge in [-0.1, -0.05) is 48.5 Å². The average Bonchev–Trinajstić information content (AvgIpc) is 2.61. The van der Waals surface area contributed by atoms with Gasteiger partial charge in [0, 0.05) is 11.1 Å². The number of benzene rings is 3. The SMILES string of the molecule is O=C(O)c1ccc(-c2ccccc2OCc2ccccc2)c(O)c1. The Morgan fingerprint density at radius 1 is 0.875 bits per heavy atom. The number of aromatic hydroxyl groups is 1. The third-order valence-corrected chi connectivity index (χ3v) is 3.66. The lowest BCUT2D eigenvalue weighted by atomic mass is 10.0. The van der Waals surface area contributed by atoms with Gasteiger partial charge >= 0.3 is 5.97 Å². The smallest absolute Gasteiger partial charge is 0.335 e. The molecule has 0 fully saturated rings. The number of rotatable bonds is 5. The zero-order chi connectivity index (χ0) is 16.9. The van der Waals surface area contributed by atoms with Crippen LogP contribution >= 0.6 is 0 Å². The second-order valence-electron chi connectivity index (χ2n) is 5.31. The Hall–Kier alpha value is -3.27. The number of hydrogen-bond acceptors (Lipinski definition) is 3. The predicted molar refractivity (Wildman–Crippen MR) is 91.3 cm³/mol. The molecule has 0 saturated carbocycles. The quantitative estimate of drug-likeness (QED) is 0.734. The van der Waals surface area contributed by atoms with Gasteiger partial charge in [0.15, 0.2) is 0 Å². The van der Waals surface area contributed by atoms with E-state index in [9.17, 15) is 9.90 Å². The van der Waals surface area contributed by atoms with Gasteiger partial charge in [0.05, 0.1) is 5.56 Å². The molecule has 0 atom stereocenters. The van der Waals surface area contributed by atoms with Crippen molar-refractivity contribution in [3.63, 3.8) is 0 Å². The van der Waals surface area contributed by atoms with E-state index in [0.29, 0.717) is 23.5 Å². The van der Waals surface area contributed by atoms with Crippen LogP contribution in [0.1, 0.15) is 15.9 Å². The summed E-state index contributed by atoms with van der Waals surface area (Å²) in [6.45, 7) is 0.409. The van der Waals surface area contributed by atoms with E-state index in [1.54, 1.807) is 6.07 Å². The van der Waals surface area contributed by atoms with Crippen LogP contribution in [0, 0.1) is 0 Å². The minimum absolute atomic E-state index is 0.0407. The van der Waals surface area contributed by atoms with E-state index in [1.165, 1.54) is 12.1 Å². The molecule has 0 spiro atoms. The Kier molecular flexibility index (Phi) is 4.47. The van der Waals surface area contributed by atoms with Gasteiger partial charge in [-0.3, -0.25) is 0 Å². The van der Waals surface area contributed by atoms with Gasteiger partial charge in [0.1, 0.15) is 18.1 Å². The van der Waals surface area contributed by atoms with Crippen LogP contribution in [0.25, 0.3) is 11.1 Å². The van der Waals surface area contributed by atoms with Crippen molar-refractivity contribution >= 4 is 5.97 Å². The second kappa shape index (κ2) is 6.87. The van der Waals surface area contributed by atoms with E-state index in [-0.39, 0.29) is 11.3 Å². The molecule has 3 aromatic rings. The van der Waals surface area contributed by atoms with E-state index in [0.717, 1.165) is 5.56 Å². The van der Waals surface area contributed by atoms with E-state index in [4.69, 9.17) is 9.84 Å². The van der Waals surface area contributed by atoms with Gasteiger partial charge in [0.25, 0.3) is 0 Å². The standard InChI is InChI=1S/C20H16O4/c21-18-12-15(20(22)23)10-11-16(18)17-8-4-5-9-19(17)24-13-14-6-2-1-3-7-14/h1-12,21H,13H2,(H,22,23). The minimum Gasteiger partial charge on any atom is -0.507 e. The maximum absolute atomic E-state index is 11.0. The van der Waals surface area contributed by atoms with Crippen LogP contribution in [0.5, 0.6) is 11.5 Å². The van der Waals surface area contributed by atoms with Gasteiger partial charge in [-0.25, -0.2) is 4.79 Å². The summed E-state index contributed by atoms with van der Waals surface area (Å²) in [6, 6.07) is 21.4. The Balaban J connectivity index is 1.90. The molecule has 0 aromatic heterocycles. The molecule has 0 aliphatic carbocycles. The summed E-state index contributed by atoms with van der Waals surface area (Å²) in [5.74, 6) is -0.546. The van der Waals surface area contributed by atoms with E-state index < -0.39 is 5.97 Å². The number of phenols is 1. The fourth-order valence-corrected chi connectivity index (χ4v) is 2.44. The Labute approximate surface area is 139 Å². The van der Waals surface area contributed by atoms with Gasteiger partial charge in [0.2, 0.25) is 0 Å². The van der Waals surface area contributed by atoms with Gasteiger partial charge in [-0.05, 0) is 29.8 Å². The van der Waals surface area contributed by atoms with Crippen molar-refractivity contribution in [1.29, 1.82) is 0 Å². The first-order valence-corrected chi connectivity index (χ1v) is 7.47. The van der Waals surface area contributed by atoms with E-state index >= 15 is 0 Å².